The van der Waals surface area contributed by atoms with Gasteiger partial charge in [0.1, 0.15) is 11.0 Å². The molecule has 0 fully saturated rings. The lowest BCUT2D eigenvalue weighted by atomic mass is 10.1. The van der Waals surface area contributed by atoms with Gasteiger partial charge in [0.05, 0.1) is 15.6 Å². The molecule has 3 rings (SSSR count). The summed E-state index contributed by atoms with van der Waals surface area (Å²) in [7, 11) is -1.36. The molecule has 10 heteroatoms. The van der Waals surface area contributed by atoms with E-state index >= 15 is 0 Å². The molecule has 186 valence electrons. The van der Waals surface area contributed by atoms with Crippen LogP contribution in [0.5, 0.6) is 0 Å². The number of nitrogens with one attached hydrogen (secondary N) is 2. The maximum Gasteiger partial charge on any atom is 0.261 e. The molecule has 2 amide bonds. The fraction of sp³-hybridized carbons (Fsp3) is 0.200. The van der Waals surface area contributed by atoms with Crippen molar-refractivity contribution < 1.29 is 13.8 Å². The monoisotopic (exact) mass is 513 g/mol. The molecule has 1 unspecified atom stereocenters. The number of benzene rings is 2. The quantitative estimate of drug-likeness (QED) is 0.312. The minimum absolute atomic E-state index is 0.126. The van der Waals surface area contributed by atoms with Gasteiger partial charge in [-0.2, -0.15) is 0 Å². The number of amides is 2. The van der Waals surface area contributed by atoms with Gasteiger partial charge in [0, 0.05) is 23.5 Å². The normalized spacial score (nSPS) is 11.1. The predicted molar refractivity (Wildman–Crippen MR) is 144 cm³/mol. The first-order valence-corrected chi connectivity index (χ1v) is 12.7. The SMILES string of the molecule is C=C(N)Nc1cccc(-c2ccc(C(=O)NCCC(N)=O)s2)c1.Cc1cc(C)c(S(N)=O)c(C)c1. The summed E-state index contributed by atoms with van der Waals surface area (Å²) in [6, 6.07) is 15.3. The van der Waals surface area contributed by atoms with Gasteiger partial charge in [0.2, 0.25) is 5.91 Å². The van der Waals surface area contributed by atoms with Crippen molar-refractivity contribution in [3.63, 3.8) is 0 Å². The number of aryl methyl sites for hydroxylation is 3. The van der Waals surface area contributed by atoms with E-state index in [4.69, 9.17) is 16.6 Å². The van der Waals surface area contributed by atoms with E-state index < -0.39 is 16.9 Å². The van der Waals surface area contributed by atoms with E-state index in [2.05, 4.69) is 17.2 Å². The topological polar surface area (TPSA) is 153 Å². The van der Waals surface area contributed by atoms with Crippen molar-refractivity contribution in [1.29, 1.82) is 0 Å². The molecule has 0 radical (unpaired) electrons. The summed E-state index contributed by atoms with van der Waals surface area (Å²) in [5, 5.41) is 10.9. The molecular formula is C25H31N5O3S2. The fourth-order valence-corrected chi connectivity index (χ4v) is 5.09. The number of nitrogens with two attached hydrogens (primary N) is 3. The Balaban J connectivity index is 0.000000303. The van der Waals surface area contributed by atoms with Crippen LogP contribution >= 0.6 is 11.3 Å². The molecule has 1 aromatic heterocycles. The largest absolute Gasteiger partial charge is 0.386 e. The molecular weight excluding hydrogens is 482 g/mol. The molecule has 0 saturated carbocycles. The highest BCUT2D eigenvalue weighted by Crippen LogP contribution is 2.30. The first kappa shape index (κ1) is 27.8. The highest BCUT2D eigenvalue weighted by atomic mass is 32.2. The lowest BCUT2D eigenvalue weighted by Crippen LogP contribution is -2.27. The van der Waals surface area contributed by atoms with Gasteiger partial charge in [-0.25, -0.2) is 9.35 Å². The number of hydrogen-bond acceptors (Lipinski definition) is 6. The molecule has 0 aliphatic heterocycles. The maximum atomic E-state index is 12.0. The smallest absolute Gasteiger partial charge is 0.261 e. The third-order valence-corrected chi connectivity index (χ3v) is 6.92. The van der Waals surface area contributed by atoms with Gasteiger partial charge in [0.15, 0.2) is 0 Å². The second-order valence-corrected chi connectivity index (χ2v) is 9.98. The number of hydrogen-bond donors (Lipinski definition) is 5. The number of thiophene rings is 1. The highest BCUT2D eigenvalue weighted by Gasteiger charge is 2.11. The third kappa shape index (κ3) is 8.67. The minimum Gasteiger partial charge on any atom is -0.386 e. The summed E-state index contributed by atoms with van der Waals surface area (Å²) in [4.78, 5) is 25.0. The molecule has 0 aliphatic rings. The first-order chi connectivity index (χ1) is 16.5. The molecule has 35 heavy (non-hydrogen) atoms. The number of carbonyl (C=O) groups excluding carboxylic acids is 2. The van der Waals surface area contributed by atoms with E-state index in [0.717, 1.165) is 32.2 Å². The van der Waals surface area contributed by atoms with Crippen LogP contribution in [0.1, 0.15) is 32.8 Å². The Kier molecular flexibility index (Phi) is 10.2. The number of rotatable bonds is 8. The maximum absolute atomic E-state index is 12.0. The van der Waals surface area contributed by atoms with Gasteiger partial charge in [-0.1, -0.05) is 36.4 Å². The van der Waals surface area contributed by atoms with E-state index in [1.165, 1.54) is 16.9 Å². The molecule has 8 N–H and O–H groups in total. The second kappa shape index (κ2) is 12.8. The summed E-state index contributed by atoms with van der Waals surface area (Å²) in [6.45, 7) is 9.72. The lowest BCUT2D eigenvalue weighted by Gasteiger charge is -2.07. The average Bonchev–Trinajstić information content (AvgIpc) is 3.23. The Bertz CT molecular complexity index is 1230. The molecule has 2 aromatic carbocycles. The predicted octanol–water partition coefficient (Wildman–Crippen LogP) is 3.46. The number of carbonyl (C=O) groups is 2. The van der Waals surface area contributed by atoms with Crippen molar-refractivity contribution in [1.82, 2.24) is 5.32 Å². The molecule has 8 nitrogen and oxygen atoms in total. The molecule has 0 spiro atoms. The van der Waals surface area contributed by atoms with Gasteiger partial charge in [-0.05, 0) is 61.7 Å². The van der Waals surface area contributed by atoms with Crippen molar-refractivity contribution >= 4 is 39.8 Å². The van der Waals surface area contributed by atoms with Crippen LogP contribution in [0.25, 0.3) is 10.4 Å². The molecule has 1 atom stereocenters. The molecule has 3 aromatic rings. The molecule has 0 bridgehead atoms. The van der Waals surface area contributed by atoms with Crippen LogP contribution < -0.4 is 27.2 Å². The summed E-state index contributed by atoms with van der Waals surface area (Å²) in [5.74, 6) is -0.294. The minimum atomic E-state index is -1.36. The number of primary amides is 1. The van der Waals surface area contributed by atoms with Gasteiger partial charge < -0.3 is 22.1 Å². The van der Waals surface area contributed by atoms with Crippen LogP contribution in [0.2, 0.25) is 0 Å². The second-order valence-electron chi connectivity index (χ2n) is 7.89. The molecule has 1 heterocycles. The zero-order valence-electron chi connectivity index (χ0n) is 20.0. The van der Waals surface area contributed by atoms with Crippen LogP contribution in [0, 0.1) is 20.8 Å². The van der Waals surface area contributed by atoms with E-state index in [9.17, 15) is 13.8 Å². The van der Waals surface area contributed by atoms with Crippen molar-refractivity contribution in [2.45, 2.75) is 32.1 Å². The van der Waals surface area contributed by atoms with E-state index in [1.54, 1.807) is 6.07 Å². The summed E-state index contributed by atoms with van der Waals surface area (Å²) in [6.07, 6.45) is 0.126. The zero-order valence-corrected chi connectivity index (χ0v) is 21.6. The van der Waals surface area contributed by atoms with Crippen LogP contribution in [0.3, 0.4) is 0 Å². The lowest BCUT2D eigenvalue weighted by molar-refractivity contribution is -0.117. The fourth-order valence-electron chi connectivity index (χ4n) is 3.42. The van der Waals surface area contributed by atoms with Crippen LogP contribution in [0.4, 0.5) is 5.69 Å². The average molecular weight is 514 g/mol. The third-order valence-electron chi connectivity index (χ3n) is 4.74. The van der Waals surface area contributed by atoms with Crippen LogP contribution in [-0.2, 0) is 15.8 Å². The highest BCUT2D eigenvalue weighted by molar-refractivity contribution is 7.82. The summed E-state index contributed by atoms with van der Waals surface area (Å²) in [5.41, 5.74) is 15.6. The molecule has 0 saturated heterocycles. The summed E-state index contributed by atoms with van der Waals surface area (Å²) >= 11 is 1.37. The Morgan fingerprint density at radius 3 is 2.26 bits per heavy atom. The standard InChI is InChI=1S/C16H18N4O2S.C9H13NOS/c1-10(17)20-12-4-2-3-11(9-12)13-5-6-14(23-13)16(22)19-8-7-15(18)21;1-6-4-7(2)9(12(10)11)8(3)5-6/h2-6,9,20H,1,7-8,17H2,(H2,18,21)(H,19,22);4-5H,10H2,1-3H3. The van der Waals surface area contributed by atoms with Crippen molar-refractivity contribution in [2.75, 3.05) is 11.9 Å². The van der Waals surface area contributed by atoms with Crippen LogP contribution in [-0.4, -0.2) is 22.6 Å². The van der Waals surface area contributed by atoms with Crippen molar-refractivity contribution in [3.05, 3.63) is 82.5 Å². The van der Waals surface area contributed by atoms with Gasteiger partial charge >= 0.3 is 0 Å². The Labute approximate surface area is 212 Å². The van der Waals surface area contributed by atoms with Crippen LogP contribution in [0.15, 0.2) is 65.8 Å². The van der Waals surface area contributed by atoms with Gasteiger partial charge in [-0.3, -0.25) is 9.59 Å². The van der Waals surface area contributed by atoms with Crippen molar-refractivity contribution in [3.8, 4) is 10.4 Å². The Hall–Kier alpha value is -3.47. The first-order valence-electron chi connectivity index (χ1n) is 10.7. The number of anilines is 1. The Morgan fingerprint density at radius 2 is 1.69 bits per heavy atom. The Morgan fingerprint density at radius 1 is 1.03 bits per heavy atom. The van der Waals surface area contributed by atoms with Crippen molar-refractivity contribution in [2.24, 2.45) is 16.6 Å². The zero-order chi connectivity index (χ0) is 26.1. The van der Waals surface area contributed by atoms with Gasteiger partial charge in [0.25, 0.3) is 5.91 Å². The van der Waals surface area contributed by atoms with Gasteiger partial charge in [-0.15, -0.1) is 11.3 Å². The van der Waals surface area contributed by atoms with E-state index in [0.29, 0.717) is 10.7 Å². The van der Waals surface area contributed by atoms with E-state index in [1.807, 2.05) is 63.2 Å². The molecule has 0 aliphatic carbocycles. The summed E-state index contributed by atoms with van der Waals surface area (Å²) < 4.78 is 11.1. The van der Waals surface area contributed by atoms with E-state index in [-0.39, 0.29) is 18.9 Å².